The van der Waals surface area contributed by atoms with Gasteiger partial charge in [-0.2, -0.15) is 9.57 Å². The fraction of sp³-hybridized carbons (Fsp3) is 0.500. The first-order valence-corrected chi connectivity index (χ1v) is 8.65. The highest BCUT2D eigenvalue weighted by atomic mass is 35.5. The standard InChI is InChI=1S/C14H18ClN3O2S/c1-17-9-12-3-2-6-18(10-12)21(19,20)14-7-11(8-16)4-5-13(14)15/h4-5,7,12,17H,2-3,6,9-10H2,1H3. The summed E-state index contributed by atoms with van der Waals surface area (Å²) in [5.74, 6) is 0.302. The molecule has 0 amide bonds. The largest absolute Gasteiger partial charge is 0.319 e. The number of hydrogen-bond donors (Lipinski definition) is 1. The van der Waals surface area contributed by atoms with Gasteiger partial charge in [0.15, 0.2) is 0 Å². The first kappa shape index (κ1) is 16.2. The third-order valence-electron chi connectivity index (χ3n) is 3.65. The molecule has 114 valence electrons. The molecule has 7 heteroatoms. The summed E-state index contributed by atoms with van der Waals surface area (Å²) in [6.45, 7) is 1.77. The first-order valence-electron chi connectivity index (χ1n) is 6.83. The smallest absolute Gasteiger partial charge is 0.244 e. The maximum Gasteiger partial charge on any atom is 0.244 e. The second-order valence-electron chi connectivity index (χ2n) is 5.19. The molecule has 1 fully saturated rings. The summed E-state index contributed by atoms with van der Waals surface area (Å²) in [7, 11) is -1.79. The summed E-state index contributed by atoms with van der Waals surface area (Å²) >= 11 is 6.03. The van der Waals surface area contributed by atoms with Gasteiger partial charge in [0.25, 0.3) is 0 Å². The summed E-state index contributed by atoms with van der Waals surface area (Å²) in [4.78, 5) is 0.0216. The molecule has 0 aromatic heterocycles. The van der Waals surface area contributed by atoms with E-state index in [-0.39, 0.29) is 9.92 Å². The molecule has 0 bridgehead atoms. The Labute approximate surface area is 130 Å². The molecule has 1 saturated heterocycles. The molecule has 0 aliphatic carbocycles. The molecule has 21 heavy (non-hydrogen) atoms. The molecule has 1 aliphatic rings. The summed E-state index contributed by atoms with van der Waals surface area (Å²) in [5.41, 5.74) is 0.293. The monoisotopic (exact) mass is 327 g/mol. The number of nitrogens with one attached hydrogen (secondary N) is 1. The maximum atomic E-state index is 12.7. The second kappa shape index (κ2) is 6.75. The Hall–Kier alpha value is -1.13. The van der Waals surface area contributed by atoms with Crippen LogP contribution in [0.1, 0.15) is 18.4 Å². The minimum atomic E-state index is -3.65. The number of sulfonamides is 1. The summed E-state index contributed by atoms with van der Waals surface area (Å²) in [5, 5.41) is 12.2. The van der Waals surface area contributed by atoms with Crippen molar-refractivity contribution >= 4 is 21.6 Å². The van der Waals surface area contributed by atoms with Gasteiger partial charge < -0.3 is 5.32 Å². The fourth-order valence-electron chi connectivity index (χ4n) is 2.61. The van der Waals surface area contributed by atoms with E-state index in [2.05, 4.69) is 5.32 Å². The summed E-state index contributed by atoms with van der Waals surface area (Å²) in [6, 6.07) is 6.27. The third-order valence-corrected chi connectivity index (χ3v) is 6.00. The van der Waals surface area contributed by atoms with Crippen LogP contribution in [0.15, 0.2) is 23.1 Å². The Balaban J connectivity index is 2.31. The van der Waals surface area contributed by atoms with Crippen LogP contribution in [0.2, 0.25) is 5.02 Å². The Morgan fingerprint density at radius 3 is 2.95 bits per heavy atom. The number of rotatable bonds is 4. The van der Waals surface area contributed by atoms with Crippen LogP contribution in [0.4, 0.5) is 0 Å². The van der Waals surface area contributed by atoms with Crippen LogP contribution in [0.25, 0.3) is 0 Å². The summed E-state index contributed by atoms with van der Waals surface area (Å²) < 4.78 is 26.9. The van der Waals surface area contributed by atoms with Gasteiger partial charge in [-0.05, 0) is 50.6 Å². The van der Waals surface area contributed by atoms with E-state index in [1.54, 1.807) is 0 Å². The van der Waals surface area contributed by atoms with Crippen LogP contribution in [-0.4, -0.2) is 39.4 Å². The number of piperidine rings is 1. The molecule has 1 unspecified atom stereocenters. The van der Waals surface area contributed by atoms with Crippen LogP contribution in [0.3, 0.4) is 0 Å². The Morgan fingerprint density at radius 1 is 1.52 bits per heavy atom. The molecule has 1 heterocycles. The van der Waals surface area contributed by atoms with Crippen LogP contribution < -0.4 is 5.32 Å². The van der Waals surface area contributed by atoms with Gasteiger partial charge in [0, 0.05) is 13.1 Å². The van der Waals surface area contributed by atoms with Gasteiger partial charge >= 0.3 is 0 Å². The van der Waals surface area contributed by atoms with Crippen molar-refractivity contribution in [3.8, 4) is 6.07 Å². The van der Waals surface area contributed by atoms with Gasteiger partial charge in [-0.1, -0.05) is 11.6 Å². The summed E-state index contributed by atoms with van der Waals surface area (Å²) in [6.07, 6.45) is 1.85. The molecule has 0 saturated carbocycles. The van der Waals surface area contributed by atoms with Crippen molar-refractivity contribution in [3.05, 3.63) is 28.8 Å². The molecule has 1 aromatic rings. The molecule has 1 atom stereocenters. The van der Waals surface area contributed by atoms with E-state index >= 15 is 0 Å². The van der Waals surface area contributed by atoms with Gasteiger partial charge in [-0.15, -0.1) is 0 Å². The van der Waals surface area contributed by atoms with Crippen molar-refractivity contribution in [1.29, 1.82) is 5.26 Å². The molecule has 1 aliphatic heterocycles. The van der Waals surface area contributed by atoms with Crippen LogP contribution in [0.5, 0.6) is 0 Å². The predicted octanol–water partition coefficient (Wildman–Crippen LogP) is 1.83. The number of halogens is 1. The van der Waals surface area contributed by atoms with Crippen LogP contribution in [0, 0.1) is 17.2 Å². The van der Waals surface area contributed by atoms with E-state index in [0.717, 1.165) is 19.4 Å². The first-order chi connectivity index (χ1) is 9.98. The van der Waals surface area contributed by atoms with E-state index in [0.29, 0.717) is 24.6 Å². The number of nitrogens with zero attached hydrogens (tertiary/aromatic N) is 2. The lowest BCUT2D eigenvalue weighted by Gasteiger charge is -2.32. The highest BCUT2D eigenvalue weighted by molar-refractivity contribution is 7.89. The normalized spacial score (nSPS) is 20.1. The Kier molecular flexibility index (Phi) is 5.22. The van der Waals surface area contributed by atoms with Crippen molar-refractivity contribution in [1.82, 2.24) is 9.62 Å². The Morgan fingerprint density at radius 2 is 2.29 bits per heavy atom. The maximum absolute atomic E-state index is 12.7. The van der Waals surface area contributed by atoms with Gasteiger partial charge in [-0.3, -0.25) is 0 Å². The van der Waals surface area contributed by atoms with E-state index in [9.17, 15) is 8.42 Å². The molecule has 1 N–H and O–H groups in total. The minimum Gasteiger partial charge on any atom is -0.319 e. The SMILES string of the molecule is CNCC1CCCN(S(=O)(=O)c2cc(C#N)ccc2Cl)C1. The van der Waals surface area contributed by atoms with Gasteiger partial charge in [-0.25, -0.2) is 8.42 Å². The van der Waals surface area contributed by atoms with Gasteiger partial charge in [0.1, 0.15) is 4.90 Å². The Bertz CT molecular complexity index is 653. The van der Waals surface area contributed by atoms with Crippen molar-refractivity contribution in [2.75, 3.05) is 26.7 Å². The molecule has 5 nitrogen and oxygen atoms in total. The third kappa shape index (κ3) is 3.55. The van der Waals surface area contributed by atoms with Crippen LogP contribution in [-0.2, 0) is 10.0 Å². The highest BCUT2D eigenvalue weighted by Crippen LogP contribution is 2.28. The molecule has 0 radical (unpaired) electrons. The van der Waals surface area contributed by atoms with Gasteiger partial charge in [0.05, 0.1) is 16.7 Å². The second-order valence-corrected chi connectivity index (χ2v) is 7.50. The highest BCUT2D eigenvalue weighted by Gasteiger charge is 2.31. The lowest BCUT2D eigenvalue weighted by Crippen LogP contribution is -2.42. The molecular formula is C14H18ClN3O2S. The quantitative estimate of drug-likeness (QED) is 0.915. The lowest BCUT2D eigenvalue weighted by atomic mass is 10.00. The van der Waals surface area contributed by atoms with Crippen molar-refractivity contribution in [3.63, 3.8) is 0 Å². The predicted molar refractivity (Wildman–Crippen MR) is 81.6 cm³/mol. The minimum absolute atomic E-state index is 0.0216. The molecule has 2 rings (SSSR count). The topological polar surface area (TPSA) is 73.2 Å². The van der Waals surface area contributed by atoms with Crippen molar-refractivity contribution in [2.24, 2.45) is 5.92 Å². The molecular weight excluding hydrogens is 310 g/mol. The number of hydrogen-bond acceptors (Lipinski definition) is 4. The number of benzene rings is 1. The van der Waals surface area contributed by atoms with E-state index in [1.165, 1.54) is 22.5 Å². The van der Waals surface area contributed by atoms with E-state index < -0.39 is 10.0 Å². The van der Waals surface area contributed by atoms with Crippen LogP contribution >= 0.6 is 11.6 Å². The van der Waals surface area contributed by atoms with Crippen molar-refractivity contribution in [2.45, 2.75) is 17.7 Å². The zero-order valence-corrected chi connectivity index (χ0v) is 13.4. The van der Waals surface area contributed by atoms with Gasteiger partial charge in [0.2, 0.25) is 10.0 Å². The zero-order chi connectivity index (χ0) is 15.5. The van der Waals surface area contributed by atoms with E-state index in [4.69, 9.17) is 16.9 Å². The fourth-order valence-corrected chi connectivity index (χ4v) is 4.67. The average molecular weight is 328 g/mol. The lowest BCUT2D eigenvalue weighted by molar-refractivity contribution is 0.263. The van der Waals surface area contributed by atoms with Crippen molar-refractivity contribution < 1.29 is 8.42 Å². The average Bonchev–Trinajstić information content (AvgIpc) is 2.48. The zero-order valence-electron chi connectivity index (χ0n) is 11.8. The molecule has 1 aromatic carbocycles. The van der Waals surface area contributed by atoms with E-state index in [1.807, 2.05) is 13.1 Å². The molecule has 0 spiro atoms. The number of nitriles is 1.